The highest BCUT2D eigenvalue weighted by atomic mass is 19.4. The van der Waals surface area contributed by atoms with Gasteiger partial charge in [-0.3, -0.25) is 4.79 Å². The van der Waals surface area contributed by atoms with Gasteiger partial charge in [-0.1, -0.05) is 12.1 Å². The number of pyridine rings is 1. The van der Waals surface area contributed by atoms with Crippen LogP contribution in [0.1, 0.15) is 34.1 Å². The zero-order valence-electron chi connectivity index (χ0n) is 16.8. The fourth-order valence-corrected chi connectivity index (χ4v) is 2.72. The lowest BCUT2D eigenvalue weighted by molar-refractivity contribution is -0.137. The first-order valence-electron chi connectivity index (χ1n) is 9.21. The number of alkyl halides is 3. The summed E-state index contributed by atoms with van der Waals surface area (Å²) in [6.45, 7) is 2.87. The average molecular weight is 443 g/mol. The number of nitrogens with one attached hydrogen (secondary N) is 1. The van der Waals surface area contributed by atoms with Gasteiger partial charge in [-0.05, 0) is 38.1 Å². The molecule has 0 bridgehead atoms. The zero-order chi connectivity index (χ0) is 23.5. The van der Waals surface area contributed by atoms with Crippen molar-refractivity contribution < 1.29 is 27.5 Å². The van der Waals surface area contributed by atoms with Gasteiger partial charge >= 0.3 is 12.1 Å². The molecule has 0 radical (unpaired) electrons. The molecular weight excluding hydrogens is 427 g/mol. The van der Waals surface area contributed by atoms with Gasteiger partial charge < -0.3 is 10.1 Å². The highest BCUT2D eigenvalue weighted by Gasteiger charge is 2.31. The smallest absolute Gasteiger partial charge is 0.417 e. The minimum atomic E-state index is -4.52. The third kappa shape index (κ3) is 4.75. The normalized spacial score (nSPS) is 12.0. The Morgan fingerprint density at radius 3 is 2.53 bits per heavy atom. The van der Waals surface area contributed by atoms with E-state index in [4.69, 9.17) is 10.00 Å². The summed E-state index contributed by atoms with van der Waals surface area (Å²) in [7, 11) is 0. The van der Waals surface area contributed by atoms with E-state index in [9.17, 15) is 22.8 Å². The van der Waals surface area contributed by atoms with E-state index in [0.29, 0.717) is 6.20 Å². The van der Waals surface area contributed by atoms with Crippen LogP contribution in [0.4, 0.5) is 18.9 Å². The standard InChI is InChI=1S/C21H16F3N5O3/c1-12-16(11-27-29(12)18-8-7-15(10-26-18)21(22,23)24)20(31)32-13(2)19(30)28-17-6-4-3-5-14(17)9-25/h3-8,10-11,13H,1-2H3,(H,28,30). The minimum Gasteiger partial charge on any atom is -0.449 e. The fourth-order valence-electron chi connectivity index (χ4n) is 2.72. The first-order valence-corrected chi connectivity index (χ1v) is 9.21. The molecule has 1 atom stereocenters. The quantitative estimate of drug-likeness (QED) is 0.603. The van der Waals surface area contributed by atoms with Crippen molar-refractivity contribution in [3.63, 3.8) is 0 Å². The van der Waals surface area contributed by atoms with Gasteiger partial charge in [-0.25, -0.2) is 14.5 Å². The maximum Gasteiger partial charge on any atom is 0.417 e. The molecule has 2 heterocycles. The maximum atomic E-state index is 12.7. The number of hydrogen-bond acceptors (Lipinski definition) is 6. The van der Waals surface area contributed by atoms with Crippen molar-refractivity contribution in [2.45, 2.75) is 26.1 Å². The Morgan fingerprint density at radius 1 is 1.19 bits per heavy atom. The van der Waals surface area contributed by atoms with Crippen LogP contribution in [0.5, 0.6) is 0 Å². The van der Waals surface area contributed by atoms with Gasteiger partial charge in [0.25, 0.3) is 5.91 Å². The maximum absolute atomic E-state index is 12.7. The lowest BCUT2D eigenvalue weighted by atomic mass is 10.2. The number of nitriles is 1. The number of carbonyl (C=O) groups is 2. The summed E-state index contributed by atoms with van der Waals surface area (Å²) in [4.78, 5) is 28.6. The van der Waals surface area contributed by atoms with E-state index in [-0.39, 0.29) is 28.3 Å². The summed E-state index contributed by atoms with van der Waals surface area (Å²) in [6, 6.07) is 10.3. The van der Waals surface area contributed by atoms with Crippen molar-refractivity contribution in [1.29, 1.82) is 5.26 Å². The zero-order valence-corrected chi connectivity index (χ0v) is 16.8. The highest BCUT2D eigenvalue weighted by Crippen LogP contribution is 2.29. The third-order valence-corrected chi connectivity index (χ3v) is 4.48. The first-order chi connectivity index (χ1) is 15.1. The SMILES string of the molecule is Cc1c(C(=O)OC(C)C(=O)Nc2ccccc2C#N)cnn1-c1ccc(C(F)(F)F)cn1. The van der Waals surface area contributed by atoms with Crippen molar-refractivity contribution in [2.24, 2.45) is 0 Å². The predicted molar refractivity (Wildman–Crippen MR) is 106 cm³/mol. The molecule has 0 aliphatic carbocycles. The van der Waals surface area contributed by atoms with E-state index >= 15 is 0 Å². The molecule has 0 fully saturated rings. The molecule has 11 heteroatoms. The molecule has 1 aromatic carbocycles. The van der Waals surface area contributed by atoms with E-state index in [1.807, 2.05) is 6.07 Å². The van der Waals surface area contributed by atoms with Crippen LogP contribution in [-0.2, 0) is 15.7 Å². The second-order valence-electron chi connectivity index (χ2n) is 6.65. The molecule has 1 amide bonds. The van der Waals surface area contributed by atoms with Crippen LogP contribution in [0, 0.1) is 18.3 Å². The Morgan fingerprint density at radius 2 is 1.91 bits per heavy atom. The van der Waals surface area contributed by atoms with Crippen molar-refractivity contribution in [1.82, 2.24) is 14.8 Å². The number of hydrogen-bond donors (Lipinski definition) is 1. The molecule has 0 aliphatic heterocycles. The molecule has 8 nitrogen and oxygen atoms in total. The molecule has 1 N–H and O–H groups in total. The molecule has 2 aromatic heterocycles. The number of para-hydroxylation sites is 1. The van der Waals surface area contributed by atoms with Crippen LogP contribution in [-0.4, -0.2) is 32.7 Å². The first kappa shape index (κ1) is 22.5. The minimum absolute atomic E-state index is 0.0174. The molecule has 1 unspecified atom stereocenters. The second-order valence-corrected chi connectivity index (χ2v) is 6.65. The molecule has 0 saturated heterocycles. The number of ether oxygens (including phenoxy) is 1. The van der Waals surface area contributed by atoms with Gasteiger partial charge in [0.2, 0.25) is 0 Å². The lowest BCUT2D eigenvalue weighted by Crippen LogP contribution is -2.30. The van der Waals surface area contributed by atoms with E-state index in [1.54, 1.807) is 12.1 Å². The summed E-state index contributed by atoms with van der Waals surface area (Å²) in [5.41, 5.74) is -0.0993. The lowest BCUT2D eigenvalue weighted by Gasteiger charge is -2.14. The number of amides is 1. The number of aromatic nitrogens is 3. The molecule has 0 aliphatic rings. The van der Waals surface area contributed by atoms with Crippen LogP contribution in [0.15, 0.2) is 48.8 Å². The molecular formula is C21H16F3N5O3. The Kier molecular flexibility index (Phi) is 6.25. The summed E-state index contributed by atoms with van der Waals surface area (Å²) in [6.07, 6.45) is -3.88. The van der Waals surface area contributed by atoms with E-state index in [0.717, 1.165) is 12.1 Å². The van der Waals surface area contributed by atoms with Gasteiger partial charge in [0.15, 0.2) is 11.9 Å². The predicted octanol–water partition coefficient (Wildman–Crippen LogP) is 3.65. The van der Waals surface area contributed by atoms with Crippen LogP contribution in [0.25, 0.3) is 5.82 Å². The molecule has 0 saturated carbocycles. The Balaban J connectivity index is 1.71. The van der Waals surface area contributed by atoms with Gasteiger partial charge in [0, 0.05) is 6.20 Å². The summed E-state index contributed by atoms with van der Waals surface area (Å²) in [5, 5.41) is 15.6. The van der Waals surface area contributed by atoms with Crippen LogP contribution in [0.2, 0.25) is 0 Å². The Bertz CT molecular complexity index is 1200. The van der Waals surface area contributed by atoms with Crippen molar-refractivity contribution in [3.8, 4) is 11.9 Å². The van der Waals surface area contributed by atoms with Gasteiger partial charge in [0.1, 0.15) is 11.6 Å². The molecule has 0 spiro atoms. The largest absolute Gasteiger partial charge is 0.449 e. The molecule has 3 aromatic rings. The van der Waals surface area contributed by atoms with Crippen LogP contribution in [0.3, 0.4) is 0 Å². The number of rotatable bonds is 5. The van der Waals surface area contributed by atoms with Gasteiger partial charge in [0.05, 0.1) is 28.7 Å². The monoisotopic (exact) mass is 443 g/mol. The van der Waals surface area contributed by atoms with Gasteiger partial charge in [-0.15, -0.1) is 0 Å². The number of anilines is 1. The summed E-state index contributed by atoms with van der Waals surface area (Å²) >= 11 is 0. The number of carbonyl (C=O) groups excluding carboxylic acids is 2. The summed E-state index contributed by atoms with van der Waals surface area (Å²) in [5.74, 6) is -1.42. The molecule has 32 heavy (non-hydrogen) atoms. The molecule has 3 rings (SSSR count). The van der Waals surface area contributed by atoms with E-state index < -0.39 is 29.7 Å². The van der Waals surface area contributed by atoms with Crippen molar-refractivity contribution in [2.75, 3.05) is 5.32 Å². The average Bonchev–Trinajstić information content (AvgIpc) is 3.15. The highest BCUT2D eigenvalue weighted by molar-refractivity contribution is 5.98. The fraction of sp³-hybridized carbons (Fsp3) is 0.190. The van der Waals surface area contributed by atoms with Crippen LogP contribution < -0.4 is 5.32 Å². The Labute approximate surface area is 180 Å². The van der Waals surface area contributed by atoms with E-state index in [2.05, 4.69) is 15.4 Å². The topological polar surface area (TPSA) is 110 Å². The number of halogens is 3. The number of benzene rings is 1. The van der Waals surface area contributed by atoms with Crippen LogP contribution >= 0.6 is 0 Å². The Hall–Kier alpha value is -4.20. The van der Waals surface area contributed by atoms with E-state index in [1.165, 1.54) is 36.9 Å². The molecule has 164 valence electrons. The third-order valence-electron chi connectivity index (χ3n) is 4.48. The van der Waals surface area contributed by atoms with Crippen molar-refractivity contribution in [3.05, 3.63) is 71.2 Å². The number of esters is 1. The second kappa shape index (κ2) is 8.89. The summed E-state index contributed by atoms with van der Waals surface area (Å²) < 4.78 is 44.5. The number of nitrogens with zero attached hydrogens (tertiary/aromatic N) is 4. The van der Waals surface area contributed by atoms with Gasteiger partial charge in [-0.2, -0.15) is 23.5 Å². The van der Waals surface area contributed by atoms with Crippen molar-refractivity contribution >= 4 is 17.6 Å².